The van der Waals surface area contributed by atoms with Crippen LogP contribution in [0.15, 0.2) is 54.7 Å². The molecule has 0 aliphatic carbocycles. The molecule has 29 heavy (non-hydrogen) atoms. The van der Waals surface area contributed by atoms with Crippen LogP contribution in [0, 0.1) is 0 Å². The van der Waals surface area contributed by atoms with Gasteiger partial charge in [0.25, 0.3) is 0 Å². The van der Waals surface area contributed by atoms with Gasteiger partial charge in [-0.1, -0.05) is 30.3 Å². The van der Waals surface area contributed by atoms with E-state index in [1.54, 1.807) is 0 Å². The molecule has 5 nitrogen and oxygen atoms in total. The van der Waals surface area contributed by atoms with E-state index in [2.05, 4.69) is 57.7 Å². The summed E-state index contributed by atoms with van der Waals surface area (Å²) in [6.45, 7) is 4.63. The Morgan fingerprint density at radius 1 is 0.966 bits per heavy atom. The number of likely N-dealkylation sites (tertiary alicyclic amines) is 1. The highest BCUT2D eigenvalue weighted by molar-refractivity contribution is 5.94. The number of hydrogen-bond acceptors (Lipinski definition) is 5. The Labute approximate surface area is 171 Å². The molecule has 0 amide bonds. The van der Waals surface area contributed by atoms with Gasteiger partial charge in [0.05, 0.1) is 13.2 Å². The standard InChI is InChI=1S/C24H27N3O2/c1-2-5-18(6-3-1)17-27-11-8-20(9-12-27)26-24-21-16-23-22(28-13-4-14-29-23)15-19(21)7-10-25-24/h1-3,5-7,10,15-16,20H,4,8-9,11-14,17H2,(H,25,26). The first-order chi connectivity index (χ1) is 14.3. The topological polar surface area (TPSA) is 46.6 Å². The maximum atomic E-state index is 5.88. The summed E-state index contributed by atoms with van der Waals surface area (Å²) in [4.78, 5) is 7.18. The number of hydrogen-bond donors (Lipinski definition) is 1. The Morgan fingerprint density at radius 2 is 1.72 bits per heavy atom. The molecular formula is C24H27N3O2. The van der Waals surface area contributed by atoms with E-state index in [1.165, 1.54) is 5.56 Å². The molecule has 1 N–H and O–H groups in total. The third-order valence-corrected chi connectivity index (χ3v) is 5.81. The fourth-order valence-electron chi connectivity index (χ4n) is 4.21. The van der Waals surface area contributed by atoms with E-state index >= 15 is 0 Å². The summed E-state index contributed by atoms with van der Waals surface area (Å²) in [6, 6.07) is 17.4. The molecule has 150 valence electrons. The number of ether oxygens (including phenoxy) is 2. The van der Waals surface area contributed by atoms with Crippen molar-refractivity contribution in [1.82, 2.24) is 9.88 Å². The molecule has 3 aromatic rings. The van der Waals surface area contributed by atoms with Crippen molar-refractivity contribution in [3.8, 4) is 11.5 Å². The van der Waals surface area contributed by atoms with Gasteiger partial charge >= 0.3 is 0 Å². The zero-order valence-corrected chi connectivity index (χ0v) is 16.6. The van der Waals surface area contributed by atoms with Crippen molar-refractivity contribution in [1.29, 1.82) is 0 Å². The highest BCUT2D eigenvalue weighted by Crippen LogP contribution is 2.36. The minimum Gasteiger partial charge on any atom is -0.490 e. The molecule has 0 bridgehead atoms. The van der Waals surface area contributed by atoms with Gasteiger partial charge in [0, 0.05) is 43.7 Å². The monoisotopic (exact) mass is 389 g/mol. The molecule has 3 heterocycles. The molecular weight excluding hydrogens is 362 g/mol. The number of piperidine rings is 1. The molecule has 1 aromatic heterocycles. The number of benzene rings is 2. The Bertz CT molecular complexity index is 969. The van der Waals surface area contributed by atoms with E-state index in [0.29, 0.717) is 19.3 Å². The van der Waals surface area contributed by atoms with Crippen molar-refractivity contribution in [2.24, 2.45) is 0 Å². The Kier molecular flexibility index (Phi) is 5.22. The van der Waals surface area contributed by atoms with Crippen LogP contribution in [0.2, 0.25) is 0 Å². The van der Waals surface area contributed by atoms with E-state index in [-0.39, 0.29) is 0 Å². The van der Waals surface area contributed by atoms with Crippen LogP contribution >= 0.6 is 0 Å². The molecule has 2 aliphatic heterocycles. The van der Waals surface area contributed by atoms with Crippen molar-refractivity contribution in [3.05, 3.63) is 60.3 Å². The molecule has 0 radical (unpaired) electrons. The Morgan fingerprint density at radius 3 is 2.52 bits per heavy atom. The van der Waals surface area contributed by atoms with Crippen LogP contribution in [0.5, 0.6) is 11.5 Å². The lowest BCUT2D eigenvalue weighted by Crippen LogP contribution is -2.38. The second kappa shape index (κ2) is 8.29. The predicted molar refractivity (Wildman–Crippen MR) is 116 cm³/mol. The highest BCUT2D eigenvalue weighted by Gasteiger charge is 2.21. The molecule has 0 saturated carbocycles. The molecule has 5 heteroatoms. The van der Waals surface area contributed by atoms with Crippen molar-refractivity contribution in [2.75, 3.05) is 31.6 Å². The summed E-state index contributed by atoms with van der Waals surface area (Å²) in [5, 5.41) is 5.93. The van der Waals surface area contributed by atoms with E-state index in [1.807, 2.05) is 12.3 Å². The van der Waals surface area contributed by atoms with Crippen LogP contribution in [0.25, 0.3) is 10.8 Å². The second-order valence-corrected chi connectivity index (χ2v) is 7.91. The van der Waals surface area contributed by atoms with Crippen LogP contribution < -0.4 is 14.8 Å². The van der Waals surface area contributed by atoms with Gasteiger partial charge in [0.15, 0.2) is 11.5 Å². The summed E-state index contributed by atoms with van der Waals surface area (Å²) >= 11 is 0. The predicted octanol–water partition coefficient (Wildman–Crippen LogP) is 4.47. The number of nitrogens with zero attached hydrogens (tertiary/aromatic N) is 2. The largest absolute Gasteiger partial charge is 0.490 e. The number of anilines is 1. The van der Waals surface area contributed by atoms with E-state index in [4.69, 9.17) is 9.47 Å². The van der Waals surface area contributed by atoms with Gasteiger partial charge < -0.3 is 14.8 Å². The molecule has 1 saturated heterocycles. The maximum absolute atomic E-state index is 5.88. The SMILES string of the molecule is c1ccc(CN2CCC(Nc3nccc4cc5c(cc34)OCCCO5)CC2)cc1. The zero-order chi connectivity index (χ0) is 19.5. The van der Waals surface area contributed by atoms with Crippen LogP contribution in [0.3, 0.4) is 0 Å². The Balaban J connectivity index is 1.28. The summed E-state index contributed by atoms with van der Waals surface area (Å²) in [5.74, 6) is 2.60. The van der Waals surface area contributed by atoms with E-state index < -0.39 is 0 Å². The normalized spacial score (nSPS) is 17.8. The van der Waals surface area contributed by atoms with Crippen LogP contribution in [-0.4, -0.2) is 42.2 Å². The molecule has 0 atom stereocenters. The third-order valence-electron chi connectivity index (χ3n) is 5.81. The quantitative estimate of drug-likeness (QED) is 0.713. The summed E-state index contributed by atoms with van der Waals surface area (Å²) in [7, 11) is 0. The van der Waals surface area contributed by atoms with Crippen LogP contribution in [0.4, 0.5) is 5.82 Å². The van der Waals surface area contributed by atoms with Gasteiger partial charge in [-0.05, 0) is 42.0 Å². The van der Waals surface area contributed by atoms with Gasteiger partial charge in [0.1, 0.15) is 5.82 Å². The molecule has 5 rings (SSSR count). The lowest BCUT2D eigenvalue weighted by molar-refractivity contribution is 0.211. The van der Waals surface area contributed by atoms with Crippen molar-refractivity contribution >= 4 is 16.6 Å². The van der Waals surface area contributed by atoms with Crippen LogP contribution in [0.1, 0.15) is 24.8 Å². The molecule has 0 unspecified atom stereocenters. The molecule has 0 spiro atoms. The maximum Gasteiger partial charge on any atom is 0.161 e. The van der Waals surface area contributed by atoms with Gasteiger partial charge in [-0.2, -0.15) is 0 Å². The Hall–Kier alpha value is -2.79. The van der Waals surface area contributed by atoms with Gasteiger partial charge in [-0.3, -0.25) is 4.90 Å². The number of rotatable bonds is 4. The van der Waals surface area contributed by atoms with E-state index in [9.17, 15) is 0 Å². The molecule has 2 aromatic carbocycles. The number of pyridine rings is 1. The first-order valence-electron chi connectivity index (χ1n) is 10.6. The summed E-state index contributed by atoms with van der Waals surface area (Å²) in [5.41, 5.74) is 1.39. The number of aromatic nitrogens is 1. The van der Waals surface area contributed by atoms with Crippen molar-refractivity contribution in [2.45, 2.75) is 31.8 Å². The average Bonchev–Trinajstić information content (AvgIpc) is 3.00. The number of fused-ring (bicyclic) bond motifs is 2. The van der Waals surface area contributed by atoms with Gasteiger partial charge in [0.2, 0.25) is 0 Å². The molecule has 1 fully saturated rings. The lowest BCUT2D eigenvalue weighted by Gasteiger charge is -2.32. The van der Waals surface area contributed by atoms with Gasteiger partial charge in [-0.15, -0.1) is 0 Å². The minimum atomic E-state index is 0.441. The van der Waals surface area contributed by atoms with Crippen LogP contribution in [-0.2, 0) is 6.54 Å². The minimum absolute atomic E-state index is 0.441. The lowest BCUT2D eigenvalue weighted by atomic mass is 10.0. The third kappa shape index (κ3) is 4.15. The highest BCUT2D eigenvalue weighted by atomic mass is 16.5. The van der Waals surface area contributed by atoms with Gasteiger partial charge in [-0.25, -0.2) is 4.98 Å². The fourth-order valence-corrected chi connectivity index (χ4v) is 4.21. The van der Waals surface area contributed by atoms with E-state index in [0.717, 1.165) is 67.0 Å². The zero-order valence-electron chi connectivity index (χ0n) is 16.6. The second-order valence-electron chi connectivity index (χ2n) is 7.91. The van der Waals surface area contributed by atoms with Crippen molar-refractivity contribution in [3.63, 3.8) is 0 Å². The first-order valence-corrected chi connectivity index (χ1v) is 10.6. The summed E-state index contributed by atoms with van der Waals surface area (Å²) < 4.78 is 11.7. The first kappa shape index (κ1) is 18.3. The molecule has 2 aliphatic rings. The fraction of sp³-hybridized carbons (Fsp3) is 0.375. The summed E-state index contributed by atoms with van der Waals surface area (Å²) in [6.07, 6.45) is 5.03. The number of nitrogens with one attached hydrogen (secondary N) is 1. The average molecular weight is 389 g/mol. The van der Waals surface area contributed by atoms with Crippen molar-refractivity contribution < 1.29 is 9.47 Å². The smallest absolute Gasteiger partial charge is 0.161 e.